The first-order valence-electron chi connectivity index (χ1n) is 6.67. The summed E-state index contributed by atoms with van der Waals surface area (Å²) in [6.07, 6.45) is 5.59. The molecule has 0 saturated carbocycles. The minimum Gasteiger partial charge on any atom is -0.313 e. The van der Waals surface area contributed by atoms with E-state index in [4.69, 9.17) is 0 Å². The fourth-order valence-electron chi connectivity index (χ4n) is 3.25. The summed E-state index contributed by atoms with van der Waals surface area (Å²) in [7, 11) is 0. The molecule has 3 atom stereocenters. The van der Waals surface area contributed by atoms with Crippen LogP contribution in [0.3, 0.4) is 0 Å². The van der Waals surface area contributed by atoms with E-state index < -0.39 is 0 Å². The predicted molar refractivity (Wildman–Crippen MR) is 65.1 cm³/mol. The van der Waals surface area contributed by atoms with Crippen molar-refractivity contribution in [2.45, 2.75) is 64.6 Å². The number of rotatable bonds is 2. The SMILES string of the molecule is CC1CCC(N2CCCC2C(C)C)CN1. The second-order valence-corrected chi connectivity index (χ2v) is 5.73. The van der Waals surface area contributed by atoms with Crippen molar-refractivity contribution in [2.24, 2.45) is 5.92 Å². The van der Waals surface area contributed by atoms with E-state index in [0.29, 0.717) is 0 Å². The molecule has 88 valence electrons. The molecule has 0 aliphatic carbocycles. The maximum Gasteiger partial charge on any atom is 0.0224 e. The Hall–Kier alpha value is -0.0800. The Balaban J connectivity index is 1.92. The first kappa shape index (κ1) is 11.4. The average molecular weight is 210 g/mol. The quantitative estimate of drug-likeness (QED) is 0.752. The zero-order valence-corrected chi connectivity index (χ0v) is 10.5. The fourth-order valence-corrected chi connectivity index (χ4v) is 3.25. The topological polar surface area (TPSA) is 15.3 Å². The monoisotopic (exact) mass is 210 g/mol. The van der Waals surface area contributed by atoms with Crippen LogP contribution in [0.4, 0.5) is 0 Å². The first-order chi connectivity index (χ1) is 7.18. The van der Waals surface area contributed by atoms with Gasteiger partial charge in [-0.25, -0.2) is 0 Å². The van der Waals surface area contributed by atoms with Gasteiger partial charge in [0.2, 0.25) is 0 Å². The van der Waals surface area contributed by atoms with Crippen molar-refractivity contribution in [2.75, 3.05) is 13.1 Å². The molecule has 2 heterocycles. The van der Waals surface area contributed by atoms with Gasteiger partial charge in [-0.05, 0) is 45.1 Å². The van der Waals surface area contributed by atoms with Crippen molar-refractivity contribution >= 4 is 0 Å². The van der Waals surface area contributed by atoms with Gasteiger partial charge in [-0.3, -0.25) is 4.90 Å². The molecule has 0 aromatic carbocycles. The van der Waals surface area contributed by atoms with Crippen LogP contribution in [-0.4, -0.2) is 36.1 Å². The van der Waals surface area contributed by atoms with Crippen LogP contribution in [0.25, 0.3) is 0 Å². The lowest BCUT2D eigenvalue weighted by Gasteiger charge is -2.39. The second-order valence-electron chi connectivity index (χ2n) is 5.73. The summed E-state index contributed by atoms with van der Waals surface area (Å²) >= 11 is 0. The van der Waals surface area contributed by atoms with E-state index in [-0.39, 0.29) is 0 Å². The Bertz CT molecular complexity index is 195. The van der Waals surface area contributed by atoms with Crippen molar-refractivity contribution in [3.63, 3.8) is 0 Å². The Morgan fingerprint density at radius 2 is 2.00 bits per heavy atom. The molecule has 0 amide bonds. The molecule has 15 heavy (non-hydrogen) atoms. The molecule has 0 radical (unpaired) electrons. The molecule has 0 bridgehead atoms. The number of hydrogen-bond donors (Lipinski definition) is 1. The first-order valence-corrected chi connectivity index (χ1v) is 6.67. The summed E-state index contributed by atoms with van der Waals surface area (Å²) < 4.78 is 0. The van der Waals surface area contributed by atoms with Crippen molar-refractivity contribution in [3.8, 4) is 0 Å². The Labute approximate surface area is 94.4 Å². The summed E-state index contributed by atoms with van der Waals surface area (Å²) in [5, 5.41) is 3.63. The van der Waals surface area contributed by atoms with Crippen molar-refractivity contribution < 1.29 is 0 Å². The van der Waals surface area contributed by atoms with Gasteiger partial charge in [-0.15, -0.1) is 0 Å². The maximum atomic E-state index is 3.63. The van der Waals surface area contributed by atoms with Crippen molar-refractivity contribution in [1.29, 1.82) is 0 Å². The van der Waals surface area contributed by atoms with Crippen LogP contribution in [0, 0.1) is 5.92 Å². The third-order valence-electron chi connectivity index (χ3n) is 4.22. The Kier molecular flexibility index (Phi) is 3.68. The summed E-state index contributed by atoms with van der Waals surface area (Å²) in [5.74, 6) is 0.826. The molecule has 1 N–H and O–H groups in total. The van der Waals surface area contributed by atoms with Gasteiger partial charge in [0.15, 0.2) is 0 Å². The lowest BCUT2D eigenvalue weighted by atomic mass is 9.96. The number of hydrogen-bond acceptors (Lipinski definition) is 2. The van der Waals surface area contributed by atoms with Gasteiger partial charge in [0.25, 0.3) is 0 Å². The van der Waals surface area contributed by atoms with Gasteiger partial charge in [-0.1, -0.05) is 13.8 Å². The highest BCUT2D eigenvalue weighted by atomic mass is 15.2. The van der Waals surface area contributed by atoms with Gasteiger partial charge in [0.05, 0.1) is 0 Å². The summed E-state index contributed by atoms with van der Waals surface area (Å²) in [5.41, 5.74) is 0. The highest BCUT2D eigenvalue weighted by molar-refractivity contribution is 4.90. The van der Waals surface area contributed by atoms with Crippen LogP contribution in [0.5, 0.6) is 0 Å². The second kappa shape index (κ2) is 4.84. The maximum absolute atomic E-state index is 3.63. The molecular weight excluding hydrogens is 184 g/mol. The average Bonchev–Trinajstić information content (AvgIpc) is 2.67. The van der Waals surface area contributed by atoms with E-state index in [1.807, 2.05) is 0 Å². The van der Waals surface area contributed by atoms with Crippen LogP contribution < -0.4 is 5.32 Å². The van der Waals surface area contributed by atoms with E-state index in [2.05, 4.69) is 31.0 Å². The molecule has 2 aliphatic rings. The number of likely N-dealkylation sites (tertiary alicyclic amines) is 1. The van der Waals surface area contributed by atoms with Gasteiger partial charge in [0, 0.05) is 24.7 Å². The molecule has 0 aromatic rings. The molecule has 2 aliphatic heterocycles. The Morgan fingerprint density at radius 3 is 2.60 bits per heavy atom. The van der Waals surface area contributed by atoms with Crippen molar-refractivity contribution in [3.05, 3.63) is 0 Å². The fraction of sp³-hybridized carbons (Fsp3) is 1.00. The summed E-state index contributed by atoms with van der Waals surface area (Å²) in [4.78, 5) is 2.78. The minimum atomic E-state index is 0.737. The minimum absolute atomic E-state index is 0.737. The van der Waals surface area contributed by atoms with Crippen LogP contribution in [-0.2, 0) is 0 Å². The molecule has 0 spiro atoms. The molecule has 2 saturated heterocycles. The van der Waals surface area contributed by atoms with Crippen LogP contribution in [0.15, 0.2) is 0 Å². The lowest BCUT2D eigenvalue weighted by molar-refractivity contribution is 0.116. The van der Waals surface area contributed by atoms with Crippen molar-refractivity contribution in [1.82, 2.24) is 10.2 Å². The smallest absolute Gasteiger partial charge is 0.0224 e. The zero-order chi connectivity index (χ0) is 10.8. The van der Waals surface area contributed by atoms with Crippen LogP contribution in [0.2, 0.25) is 0 Å². The predicted octanol–water partition coefficient (Wildman–Crippen LogP) is 2.25. The van der Waals surface area contributed by atoms with E-state index in [0.717, 1.165) is 24.0 Å². The Morgan fingerprint density at radius 1 is 1.20 bits per heavy atom. The largest absolute Gasteiger partial charge is 0.313 e. The van der Waals surface area contributed by atoms with E-state index >= 15 is 0 Å². The molecule has 2 heteroatoms. The molecular formula is C13H26N2. The highest BCUT2D eigenvalue weighted by Gasteiger charge is 2.33. The molecule has 2 rings (SSSR count). The molecule has 2 nitrogen and oxygen atoms in total. The normalized spacial score (nSPS) is 38.8. The molecule has 0 aromatic heterocycles. The van der Waals surface area contributed by atoms with Gasteiger partial charge < -0.3 is 5.32 Å². The standard InChI is InChI=1S/C13H26N2/c1-10(2)13-5-4-8-15(13)12-7-6-11(3)14-9-12/h10-14H,4-9H2,1-3H3. The highest BCUT2D eigenvalue weighted by Crippen LogP contribution is 2.28. The van der Waals surface area contributed by atoms with Gasteiger partial charge >= 0.3 is 0 Å². The van der Waals surface area contributed by atoms with E-state index in [1.165, 1.54) is 38.8 Å². The van der Waals surface area contributed by atoms with Crippen LogP contribution in [0.1, 0.15) is 46.5 Å². The lowest BCUT2D eigenvalue weighted by Crippen LogP contribution is -2.51. The number of nitrogens with one attached hydrogen (secondary N) is 1. The molecule has 2 fully saturated rings. The molecule has 3 unspecified atom stereocenters. The summed E-state index contributed by atoms with van der Waals surface area (Å²) in [6.45, 7) is 9.61. The summed E-state index contributed by atoms with van der Waals surface area (Å²) in [6, 6.07) is 2.41. The van der Waals surface area contributed by atoms with Gasteiger partial charge in [-0.2, -0.15) is 0 Å². The van der Waals surface area contributed by atoms with Gasteiger partial charge in [0.1, 0.15) is 0 Å². The third-order valence-corrected chi connectivity index (χ3v) is 4.22. The number of piperidine rings is 1. The van der Waals surface area contributed by atoms with Crippen LogP contribution >= 0.6 is 0 Å². The third kappa shape index (κ3) is 2.54. The van der Waals surface area contributed by atoms with E-state index in [1.54, 1.807) is 0 Å². The van der Waals surface area contributed by atoms with E-state index in [9.17, 15) is 0 Å². The number of nitrogens with zero attached hydrogens (tertiary/aromatic N) is 1. The zero-order valence-electron chi connectivity index (χ0n) is 10.5.